The zero-order chi connectivity index (χ0) is 13.0. The minimum Gasteiger partial charge on any atom is -0.478 e. The standard InChI is InChI=1S/C9H7NO3S.C4H8/c11-8-2-1-7-6(10-8)3-5(4-14-7)9(12)13;1-2-4-3-1/h1-2,4H,3H2,(H,10,11)(H,12,13);1-4H2. The monoisotopic (exact) mass is 265 g/mol. The maximum atomic E-state index is 11.0. The smallest absolute Gasteiger partial charge is 0.332 e. The van der Waals surface area contributed by atoms with E-state index in [0.29, 0.717) is 11.3 Å². The summed E-state index contributed by atoms with van der Waals surface area (Å²) in [6, 6.07) is 3.14. The van der Waals surface area contributed by atoms with Crippen LogP contribution in [0, 0.1) is 0 Å². The van der Waals surface area contributed by atoms with Crippen LogP contribution in [0.4, 0.5) is 0 Å². The van der Waals surface area contributed by atoms with E-state index in [2.05, 4.69) is 4.98 Å². The van der Waals surface area contributed by atoms with Crippen LogP contribution in [-0.4, -0.2) is 16.1 Å². The Labute approximate surface area is 109 Å². The van der Waals surface area contributed by atoms with Crippen LogP contribution < -0.4 is 5.56 Å². The predicted molar refractivity (Wildman–Crippen MR) is 70.8 cm³/mol. The van der Waals surface area contributed by atoms with Crippen LogP contribution in [0.1, 0.15) is 31.4 Å². The Kier molecular flexibility index (Phi) is 4.25. The number of hydrogen-bond donors (Lipinski definition) is 2. The van der Waals surface area contributed by atoms with Crippen molar-refractivity contribution in [2.24, 2.45) is 0 Å². The van der Waals surface area contributed by atoms with E-state index in [-0.39, 0.29) is 12.0 Å². The van der Waals surface area contributed by atoms with Crippen LogP contribution in [0.5, 0.6) is 0 Å². The summed E-state index contributed by atoms with van der Waals surface area (Å²) in [7, 11) is 0. The molecule has 1 aromatic heterocycles. The first-order chi connectivity index (χ1) is 8.66. The van der Waals surface area contributed by atoms with E-state index >= 15 is 0 Å². The number of nitrogens with one attached hydrogen (secondary N) is 1. The summed E-state index contributed by atoms with van der Waals surface area (Å²) in [6.45, 7) is 0. The topological polar surface area (TPSA) is 70.2 Å². The molecule has 1 saturated carbocycles. The Morgan fingerprint density at radius 2 is 1.89 bits per heavy atom. The minimum atomic E-state index is -0.937. The van der Waals surface area contributed by atoms with Gasteiger partial charge < -0.3 is 10.1 Å². The summed E-state index contributed by atoms with van der Waals surface area (Å²) in [4.78, 5) is 25.2. The molecule has 5 heteroatoms. The largest absolute Gasteiger partial charge is 0.478 e. The zero-order valence-corrected chi connectivity index (χ0v) is 10.8. The first-order valence-corrected chi connectivity index (χ1v) is 6.86. The second-order valence-electron chi connectivity index (χ2n) is 4.32. The Morgan fingerprint density at radius 1 is 1.22 bits per heavy atom. The van der Waals surface area contributed by atoms with Gasteiger partial charge in [-0.15, -0.1) is 0 Å². The van der Waals surface area contributed by atoms with Crippen LogP contribution >= 0.6 is 11.8 Å². The number of aliphatic carboxylic acids is 1. The third kappa shape index (κ3) is 3.26. The first-order valence-electron chi connectivity index (χ1n) is 5.98. The number of H-pyrrole nitrogens is 1. The number of fused-ring (bicyclic) bond motifs is 1. The van der Waals surface area contributed by atoms with Crippen molar-refractivity contribution in [1.29, 1.82) is 0 Å². The molecule has 0 bridgehead atoms. The van der Waals surface area contributed by atoms with E-state index in [1.807, 2.05) is 0 Å². The number of carboxylic acid groups (broad SMARTS) is 1. The fourth-order valence-electron chi connectivity index (χ4n) is 1.49. The van der Waals surface area contributed by atoms with E-state index in [1.165, 1.54) is 43.5 Å². The molecule has 18 heavy (non-hydrogen) atoms. The molecule has 0 saturated heterocycles. The molecule has 96 valence electrons. The van der Waals surface area contributed by atoms with Gasteiger partial charge in [-0.3, -0.25) is 4.79 Å². The summed E-state index contributed by atoms with van der Waals surface area (Å²) in [5, 5.41) is 10.4. The normalized spacial score (nSPS) is 16.6. The van der Waals surface area contributed by atoms with Gasteiger partial charge in [0.05, 0.1) is 0 Å². The average Bonchev–Trinajstić information content (AvgIpc) is 2.25. The molecular formula is C13H15NO3S. The number of pyridine rings is 1. The molecule has 3 rings (SSSR count). The zero-order valence-electron chi connectivity index (χ0n) is 9.94. The summed E-state index contributed by atoms with van der Waals surface area (Å²) in [5.74, 6) is -0.937. The lowest BCUT2D eigenvalue weighted by Crippen LogP contribution is -2.13. The van der Waals surface area contributed by atoms with Crippen molar-refractivity contribution in [3.05, 3.63) is 39.2 Å². The van der Waals surface area contributed by atoms with Crippen LogP contribution in [0.25, 0.3) is 0 Å². The molecule has 0 spiro atoms. The van der Waals surface area contributed by atoms with Gasteiger partial charge in [0, 0.05) is 28.6 Å². The van der Waals surface area contributed by atoms with Gasteiger partial charge in [0.15, 0.2) is 0 Å². The molecule has 1 aliphatic heterocycles. The van der Waals surface area contributed by atoms with E-state index < -0.39 is 5.97 Å². The second kappa shape index (κ2) is 5.91. The number of rotatable bonds is 1. The van der Waals surface area contributed by atoms with Gasteiger partial charge in [0.2, 0.25) is 5.56 Å². The number of carbonyl (C=O) groups is 1. The molecule has 0 aromatic carbocycles. The third-order valence-electron chi connectivity index (χ3n) is 2.93. The molecule has 2 aliphatic rings. The fraction of sp³-hybridized carbons (Fsp3) is 0.385. The molecule has 1 fully saturated rings. The van der Waals surface area contributed by atoms with E-state index in [1.54, 1.807) is 11.5 Å². The van der Waals surface area contributed by atoms with E-state index in [0.717, 1.165) is 4.90 Å². The molecule has 0 amide bonds. The molecule has 2 heterocycles. The number of hydrogen-bond acceptors (Lipinski definition) is 3. The molecule has 0 radical (unpaired) electrons. The lowest BCUT2D eigenvalue weighted by molar-refractivity contribution is -0.132. The van der Waals surface area contributed by atoms with Crippen molar-refractivity contribution >= 4 is 17.7 Å². The SMILES string of the molecule is C1CCC1.O=C(O)C1=CSc2ccc(=O)[nH]c2C1. The van der Waals surface area contributed by atoms with E-state index in [4.69, 9.17) is 5.11 Å². The van der Waals surface area contributed by atoms with Gasteiger partial charge in [0.1, 0.15) is 0 Å². The Bertz CT molecular complexity index is 525. The maximum absolute atomic E-state index is 11.0. The Morgan fingerprint density at radius 3 is 2.44 bits per heavy atom. The molecule has 0 atom stereocenters. The van der Waals surface area contributed by atoms with Gasteiger partial charge in [-0.1, -0.05) is 37.4 Å². The molecule has 0 unspecified atom stereocenters. The van der Waals surface area contributed by atoms with Crippen molar-refractivity contribution < 1.29 is 9.90 Å². The van der Waals surface area contributed by atoms with Gasteiger partial charge in [-0.05, 0) is 11.5 Å². The number of aromatic nitrogens is 1. The van der Waals surface area contributed by atoms with E-state index in [9.17, 15) is 9.59 Å². The van der Waals surface area contributed by atoms with Crippen LogP contribution in [0.2, 0.25) is 0 Å². The Balaban J connectivity index is 0.000000256. The molecule has 1 aromatic rings. The highest BCUT2D eigenvalue weighted by Crippen LogP contribution is 2.29. The maximum Gasteiger partial charge on any atom is 0.332 e. The van der Waals surface area contributed by atoms with Crippen molar-refractivity contribution in [3.63, 3.8) is 0 Å². The molecule has 4 nitrogen and oxygen atoms in total. The number of thioether (sulfide) groups is 1. The predicted octanol–water partition coefficient (Wildman–Crippen LogP) is 2.55. The minimum absolute atomic E-state index is 0.198. The van der Waals surface area contributed by atoms with Crippen molar-refractivity contribution in [2.45, 2.75) is 37.0 Å². The summed E-state index contributed by atoms with van der Waals surface area (Å²) in [5.41, 5.74) is 0.794. The second-order valence-corrected chi connectivity index (χ2v) is 5.23. The van der Waals surface area contributed by atoms with Gasteiger partial charge in [-0.2, -0.15) is 0 Å². The average molecular weight is 265 g/mol. The Hall–Kier alpha value is -1.49. The highest BCUT2D eigenvalue weighted by molar-refractivity contribution is 8.02. The van der Waals surface area contributed by atoms with Crippen LogP contribution in [0.15, 0.2) is 32.8 Å². The number of aromatic amines is 1. The quantitative estimate of drug-likeness (QED) is 0.818. The number of carboxylic acids is 1. The molecular weight excluding hydrogens is 250 g/mol. The van der Waals surface area contributed by atoms with Crippen molar-refractivity contribution in [1.82, 2.24) is 4.98 Å². The van der Waals surface area contributed by atoms with Crippen LogP contribution in [-0.2, 0) is 11.2 Å². The van der Waals surface area contributed by atoms with Gasteiger partial charge >= 0.3 is 5.97 Å². The van der Waals surface area contributed by atoms with Crippen molar-refractivity contribution in [3.8, 4) is 0 Å². The fourth-order valence-corrected chi connectivity index (χ4v) is 2.35. The molecule has 2 N–H and O–H groups in total. The highest BCUT2D eigenvalue weighted by Gasteiger charge is 2.16. The lowest BCUT2D eigenvalue weighted by Gasteiger charge is -2.12. The molecule has 1 aliphatic carbocycles. The van der Waals surface area contributed by atoms with Gasteiger partial charge in [-0.25, -0.2) is 4.79 Å². The summed E-state index contributed by atoms with van der Waals surface area (Å²) < 4.78 is 0. The highest BCUT2D eigenvalue weighted by atomic mass is 32.2. The summed E-state index contributed by atoms with van der Waals surface area (Å²) >= 11 is 1.32. The van der Waals surface area contributed by atoms with Crippen molar-refractivity contribution in [2.75, 3.05) is 0 Å². The third-order valence-corrected chi connectivity index (χ3v) is 3.97. The van der Waals surface area contributed by atoms with Gasteiger partial charge in [0.25, 0.3) is 0 Å². The first kappa shape index (κ1) is 13.0. The lowest BCUT2D eigenvalue weighted by atomic mass is 10.0. The summed E-state index contributed by atoms with van der Waals surface area (Å²) in [6.07, 6.45) is 6.29. The van der Waals surface area contributed by atoms with Crippen LogP contribution in [0.3, 0.4) is 0 Å².